The van der Waals surface area contributed by atoms with E-state index in [1.165, 1.54) is 31.4 Å². The Morgan fingerprint density at radius 3 is 2.39 bits per heavy atom. The van der Waals surface area contributed by atoms with Crippen LogP contribution in [0.2, 0.25) is 0 Å². The number of rotatable bonds is 10. The molecule has 0 spiro atoms. The van der Waals surface area contributed by atoms with Gasteiger partial charge in [0.15, 0.2) is 5.11 Å². The average Bonchev–Trinajstić information content (AvgIpc) is 2.76. The van der Waals surface area contributed by atoms with E-state index in [9.17, 15) is 18.0 Å². The quantitative estimate of drug-likeness (QED) is 0.0624. The van der Waals surface area contributed by atoms with Crippen LogP contribution in [-0.4, -0.2) is 42.8 Å². The molecule has 6 N–H and O–H groups in total. The van der Waals surface area contributed by atoms with Gasteiger partial charge in [-0.2, -0.15) is 21.0 Å². The lowest BCUT2D eigenvalue weighted by molar-refractivity contribution is -0.124. The summed E-state index contributed by atoms with van der Waals surface area (Å²) in [6.07, 6.45) is 0.418. The number of carbonyl (C=O) groups is 2. The molecule has 0 fully saturated rings. The van der Waals surface area contributed by atoms with Crippen LogP contribution in [0, 0.1) is 5.92 Å². The van der Waals surface area contributed by atoms with Crippen LogP contribution in [0.4, 0.5) is 17.1 Å². The predicted molar refractivity (Wildman–Crippen MR) is 133 cm³/mol. The molecule has 2 unspecified atom stereocenters. The molecule has 0 aliphatic heterocycles. The highest BCUT2D eigenvalue weighted by atomic mass is 32.2. The Kier molecular flexibility index (Phi) is 9.72. The smallest absolute Gasteiger partial charge is 0.357 e. The highest BCUT2D eigenvalue weighted by Crippen LogP contribution is 2.23. The molecule has 0 bridgehead atoms. The average molecular weight is 514 g/mol. The second-order valence-corrected chi connectivity index (χ2v) is 8.69. The summed E-state index contributed by atoms with van der Waals surface area (Å²) in [5.74, 6) is -0.717. The van der Waals surface area contributed by atoms with E-state index in [2.05, 4.69) is 34.1 Å². The monoisotopic (exact) mass is 513 g/mol. The van der Waals surface area contributed by atoms with Crippen molar-refractivity contribution in [1.29, 1.82) is 0 Å². The standard InChI is InChI=1S/C19H23N5O6S3/c1-30-16-5-3-2-4-15(16)21-19(32)23-22-17(26)10-12(11-25)18(31)20-13-6-8-14(9-7-13)24-33(27,28)29/h2-9,11-12,18,20,24,31H,10H2,1H3,(H,22,26)(H2,21,23,32)(H,27,28,29). The van der Waals surface area contributed by atoms with Gasteiger partial charge in [0.2, 0.25) is 5.91 Å². The van der Waals surface area contributed by atoms with Crippen molar-refractivity contribution in [2.45, 2.75) is 11.8 Å². The maximum Gasteiger partial charge on any atom is 0.357 e. The first-order chi connectivity index (χ1) is 15.6. The van der Waals surface area contributed by atoms with Crippen molar-refractivity contribution in [3.63, 3.8) is 0 Å². The summed E-state index contributed by atoms with van der Waals surface area (Å²) in [5, 5.41) is 5.23. The van der Waals surface area contributed by atoms with E-state index in [4.69, 9.17) is 21.5 Å². The van der Waals surface area contributed by atoms with Crippen LogP contribution in [0.15, 0.2) is 48.5 Å². The number of methoxy groups -OCH3 is 1. The Morgan fingerprint density at radius 1 is 1.15 bits per heavy atom. The first-order valence-electron chi connectivity index (χ1n) is 9.35. The number of benzene rings is 2. The molecule has 0 saturated carbocycles. The number of hydrogen-bond acceptors (Lipinski definition) is 8. The lowest BCUT2D eigenvalue weighted by Crippen LogP contribution is -2.45. The van der Waals surface area contributed by atoms with Crippen LogP contribution in [-0.2, 0) is 19.9 Å². The molecule has 0 saturated heterocycles. The van der Waals surface area contributed by atoms with Crippen molar-refractivity contribution >= 4 is 69.5 Å². The van der Waals surface area contributed by atoms with Gasteiger partial charge in [0, 0.05) is 12.1 Å². The first kappa shape index (κ1) is 26.2. The second kappa shape index (κ2) is 12.2. The van der Waals surface area contributed by atoms with Crippen LogP contribution in [0.1, 0.15) is 6.42 Å². The largest absolute Gasteiger partial charge is 0.495 e. The van der Waals surface area contributed by atoms with Gasteiger partial charge in [0.25, 0.3) is 0 Å². The van der Waals surface area contributed by atoms with Crippen molar-refractivity contribution in [2.24, 2.45) is 5.92 Å². The molecule has 2 atom stereocenters. The van der Waals surface area contributed by atoms with E-state index in [-0.39, 0.29) is 17.2 Å². The number of aldehydes is 1. The fraction of sp³-hybridized carbons (Fsp3) is 0.211. The number of thiol groups is 1. The van der Waals surface area contributed by atoms with E-state index in [0.29, 0.717) is 23.4 Å². The van der Waals surface area contributed by atoms with E-state index >= 15 is 0 Å². The highest BCUT2D eigenvalue weighted by Gasteiger charge is 2.21. The fourth-order valence-corrected chi connectivity index (χ4v) is 3.51. The van der Waals surface area contributed by atoms with Crippen molar-refractivity contribution in [3.8, 4) is 5.75 Å². The van der Waals surface area contributed by atoms with Gasteiger partial charge in [0.1, 0.15) is 12.0 Å². The molecular formula is C19H23N5O6S3. The van der Waals surface area contributed by atoms with E-state index in [0.717, 1.165) is 0 Å². The molecule has 14 heteroatoms. The predicted octanol–water partition coefficient (Wildman–Crippen LogP) is 1.80. The van der Waals surface area contributed by atoms with Crippen molar-refractivity contribution in [1.82, 2.24) is 10.9 Å². The van der Waals surface area contributed by atoms with Gasteiger partial charge in [-0.1, -0.05) is 12.1 Å². The molecule has 33 heavy (non-hydrogen) atoms. The summed E-state index contributed by atoms with van der Waals surface area (Å²) in [6, 6.07) is 12.9. The van der Waals surface area contributed by atoms with E-state index in [1.807, 2.05) is 4.72 Å². The van der Waals surface area contributed by atoms with Crippen molar-refractivity contribution in [2.75, 3.05) is 22.5 Å². The van der Waals surface area contributed by atoms with Gasteiger partial charge in [-0.3, -0.25) is 24.9 Å². The number of nitrogens with one attached hydrogen (secondary N) is 5. The van der Waals surface area contributed by atoms with Crippen LogP contribution < -0.4 is 30.9 Å². The molecule has 0 heterocycles. The zero-order chi connectivity index (χ0) is 24.4. The van der Waals surface area contributed by atoms with Gasteiger partial charge >= 0.3 is 10.3 Å². The number of amides is 1. The van der Waals surface area contributed by atoms with Crippen LogP contribution >= 0.6 is 24.8 Å². The second-order valence-electron chi connectivity index (χ2n) is 6.58. The molecule has 2 rings (SSSR count). The summed E-state index contributed by atoms with van der Waals surface area (Å²) in [5.41, 5.74) is 6.23. The Bertz CT molecular complexity index is 1080. The zero-order valence-corrected chi connectivity index (χ0v) is 19.8. The van der Waals surface area contributed by atoms with Gasteiger partial charge < -0.3 is 20.2 Å². The number of thiocarbonyl (C=S) groups is 1. The molecule has 2 aromatic rings. The molecule has 0 aliphatic carbocycles. The van der Waals surface area contributed by atoms with Gasteiger partial charge in [-0.15, -0.1) is 0 Å². The molecule has 0 radical (unpaired) electrons. The Balaban J connectivity index is 1.84. The number of para-hydroxylation sites is 2. The van der Waals surface area contributed by atoms with Crippen LogP contribution in [0.25, 0.3) is 0 Å². The summed E-state index contributed by atoms with van der Waals surface area (Å²) in [6.45, 7) is 0. The molecule has 0 aromatic heterocycles. The fourth-order valence-electron chi connectivity index (χ4n) is 2.59. The molecule has 0 aliphatic rings. The lowest BCUT2D eigenvalue weighted by Gasteiger charge is -2.21. The third-order valence-corrected chi connectivity index (χ3v) is 5.33. The topological polar surface area (TPSA) is 158 Å². The van der Waals surface area contributed by atoms with Gasteiger partial charge in [0.05, 0.1) is 29.8 Å². The van der Waals surface area contributed by atoms with E-state index < -0.39 is 27.5 Å². The highest BCUT2D eigenvalue weighted by molar-refractivity contribution is 7.87. The first-order valence-corrected chi connectivity index (χ1v) is 11.7. The minimum Gasteiger partial charge on any atom is -0.495 e. The number of hydrazine groups is 1. The maximum absolute atomic E-state index is 12.2. The SMILES string of the molecule is COc1ccccc1NC(=S)NNC(=O)CC(C=O)C(S)Nc1ccc(NS(=O)(=O)O)cc1. The van der Waals surface area contributed by atoms with Crippen LogP contribution in [0.5, 0.6) is 5.75 Å². The molecule has 1 amide bonds. The number of hydrogen-bond donors (Lipinski definition) is 7. The van der Waals surface area contributed by atoms with Crippen molar-refractivity contribution in [3.05, 3.63) is 48.5 Å². The lowest BCUT2D eigenvalue weighted by atomic mass is 10.1. The molecule has 2 aromatic carbocycles. The summed E-state index contributed by atoms with van der Waals surface area (Å²) in [7, 11) is -2.86. The normalized spacial score (nSPS) is 12.6. The van der Waals surface area contributed by atoms with Gasteiger partial charge in [-0.05, 0) is 48.6 Å². The number of anilines is 3. The Labute approximate surface area is 201 Å². The molecule has 11 nitrogen and oxygen atoms in total. The third-order valence-electron chi connectivity index (χ3n) is 4.12. The molecule has 178 valence electrons. The number of ether oxygens (including phenoxy) is 1. The zero-order valence-electron chi connectivity index (χ0n) is 17.3. The maximum atomic E-state index is 12.2. The minimum atomic E-state index is -4.38. The number of carbonyl (C=O) groups excluding carboxylic acids is 2. The Morgan fingerprint density at radius 2 is 1.79 bits per heavy atom. The third kappa shape index (κ3) is 9.13. The van der Waals surface area contributed by atoms with Crippen molar-refractivity contribution < 1.29 is 27.3 Å². The summed E-state index contributed by atoms with van der Waals surface area (Å²) < 4.78 is 37.6. The minimum absolute atomic E-state index is 0.120. The van der Waals surface area contributed by atoms with Gasteiger partial charge in [-0.25, -0.2) is 0 Å². The Hall–Kier alpha value is -3.07. The van der Waals surface area contributed by atoms with E-state index in [1.54, 1.807) is 24.3 Å². The summed E-state index contributed by atoms with van der Waals surface area (Å²) in [4.78, 5) is 23.7. The van der Waals surface area contributed by atoms with Crippen LogP contribution in [0.3, 0.4) is 0 Å². The summed E-state index contributed by atoms with van der Waals surface area (Å²) >= 11 is 9.47. The molecular weight excluding hydrogens is 490 g/mol.